The third kappa shape index (κ3) is 5.19. The molecular formula is C23H24ClN7O3. The predicted octanol–water partition coefficient (Wildman–Crippen LogP) is 3.17. The smallest absolute Gasteiger partial charge is 0.246 e. The van der Waals surface area contributed by atoms with Crippen LogP contribution in [0.25, 0.3) is 11.0 Å². The molecule has 3 N–H and O–H groups in total. The number of nitrogens with zero attached hydrogens (tertiary/aromatic N) is 5. The van der Waals surface area contributed by atoms with Gasteiger partial charge in [-0.15, -0.1) is 5.10 Å². The van der Waals surface area contributed by atoms with E-state index in [-0.39, 0.29) is 6.10 Å². The summed E-state index contributed by atoms with van der Waals surface area (Å²) < 4.78 is 11.7. The van der Waals surface area contributed by atoms with Crippen molar-refractivity contribution in [1.29, 1.82) is 0 Å². The lowest BCUT2D eigenvalue weighted by Crippen LogP contribution is -2.27. The molecule has 1 fully saturated rings. The van der Waals surface area contributed by atoms with Gasteiger partial charge in [0, 0.05) is 31.5 Å². The van der Waals surface area contributed by atoms with Gasteiger partial charge < -0.3 is 19.9 Å². The summed E-state index contributed by atoms with van der Waals surface area (Å²) >= 11 is 6.45. The van der Waals surface area contributed by atoms with Crippen molar-refractivity contribution >= 4 is 34.1 Å². The van der Waals surface area contributed by atoms with E-state index in [9.17, 15) is 5.11 Å². The number of ether oxygens (including phenoxy) is 2. The zero-order valence-corrected chi connectivity index (χ0v) is 19.1. The average molecular weight is 482 g/mol. The van der Waals surface area contributed by atoms with E-state index < -0.39 is 0 Å². The molecule has 0 radical (unpaired) electrons. The van der Waals surface area contributed by atoms with Crippen molar-refractivity contribution in [3.05, 3.63) is 59.6 Å². The van der Waals surface area contributed by atoms with E-state index in [1.807, 2.05) is 24.3 Å². The molecule has 0 bridgehead atoms. The SMILES string of the molecule is OC1CCN(CCOc2n[nH]c3ncnc(Nc4ccc(OCc5ccccn5)c(Cl)c4)c23)C1. The van der Waals surface area contributed by atoms with Crippen molar-refractivity contribution < 1.29 is 14.6 Å². The second kappa shape index (κ2) is 10.2. The highest BCUT2D eigenvalue weighted by molar-refractivity contribution is 6.32. The molecule has 1 saturated heterocycles. The Morgan fingerprint density at radius 1 is 1.18 bits per heavy atom. The Morgan fingerprint density at radius 3 is 2.91 bits per heavy atom. The lowest BCUT2D eigenvalue weighted by atomic mass is 10.3. The van der Waals surface area contributed by atoms with Crippen LogP contribution in [0.4, 0.5) is 11.5 Å². The van der Waals surface area contributed by atoms with E-state index in [2.05, 4.69) is 35.4 Å². The van der Waals surface area contributed by atoms with Gasteiger partial charge in [-0.05, 0) is 36.8 Å². The minimum atomic E-state index is -0.256. The number of benzene rings is 1. The number of likely N-dealkylation sites (tertiary alicyclic amines) is 1. The Kier molecular flexibility index (Phi) is 6.70. The van der Waals surface area contributed by atoms with Crippen LogP contribution in [0, 0.1) is 0 Å². The Balaban J connectivity index is 1.26. The molecule has 4 heterocycles. The average Bonchev–Trinajstić information content (AvgIpc) is 3.46. The molecular weight excluding hydrogens is 458 g/mol. The van der Waals surface area contributed by atoms with Gasteiger partial charge in [-0.3, -0.25) is 15.0 Å². The van der Waals surface area contributed by atoms with Gasteiger partial charge in [-0.25, -0.2) is 9.97 Å². The summed E-state index contributed by atoms with van der Waals surface area (Å²) in [6.45, 7) is 3.01. The Labute approximate surface area is 200 Å². The molecule has 176 valence electrons. The highest BCUT2D eigenvalue weighted by atomic mass is 35.5. The van der Waals surface area contributed by atoms with Gasteiger partial charge >= 0.3 is 0 Å². The van der Waals surface area contributed by atoms with Crippen LogP contribution >= 0.6 is 11.6 Å². The number of halogens is 1. The molecule has 1 aromatic carbocycles. The van der Waals surface area contributed by atoms with Crippen LogP contribution in [0.1, 0.15) is 12.1 Å². The number of aliphatic hydroxyl groups excluding tert-OH is 1. The topological polar surface area (TPSA) is 121 Å². The molecule has 0 saturated carbocycles. The number of aliphatic hydroxyl groups is 1. The van der Waals surface area contributed by atoms with E-state index in [4.69, 9.17) is 21.1 Å². The number of β-amino-alcohol motifs (C(OH)–C–C–N with tert-alkyl or cyclic N) is 1. The van der Waals surface area contributed by atoms with Crippen LogP contribution in [0.5, 0.6) is 11.6 Å². The number of aromatic amines is 1. The highest BCUT2D eigenvalue weighted by Gasteiger charge is 2.20. The molecule has 1 atom stereocenters. The monoisotopic (exact) mass is 481 g/mol. The molecule has 34 heavy (non-hydrogen) atoms. The van der Waals surface area contributed by atoms with E-state index in [0.717, 1.165) is 24.3 Å². The van der Waals surface area contributed by atoms with Gasteiger partial charge in [0.15, 0.2) is 5.65 Å². The van der Waals surface area contributed by atoms with Crippen LogP contribution in [-0.2, 0) is 6.61 Å². The number of rotatable bonds is 9. The number of pyridine rings is 1. The third-order valence-electron chi connectivity index (χ3n) is 5.51. The maximum absolute atomic E-state index is 9.67. The van der Waals surface area contributed by atoms with Crippen molar-refractivity contribution in [2.24, 2.45) is 0 Å². The molecule has 0 spiro atoms. The first-order valence-electron chi connectivity index (χ1n) is 11.0. The lowest BCUT2D eigenvalue weighted by Gasteiger charge is -2.14. The summed E-state index contributed by atoms with van der Waals surface area (Å²) in [5, 5.41) is 21.2. The van der Waals surface area contributed by atoms with E-state index >= 15 is 0 Å². The van der Waals surface area contributed by atoms with E-state index in [1.165, 1.54) is 6.33 Å². The first-order chi connectivity index (χ1) is 16.7. The number of hydrogen-bond acceptors (Lipinski definition) is 9. The van der Waals surface area contributed by atoms with Crippen LogP contribution in [-0.4, -0.2) is 67.5 Å². The van der Waals surface area contributed by atoms with Gasteiger partial charge in [-0.1, -0.05) is 17.7 Å². The maximum atomic E-state index is 9.67. The lowest BCUT2D eigenvalue weighted by molar-refractivity contribution is 0.167. The number of fused-ring (bicyclic) bond motifs is 1. The van der Waals surface area contributed by atoms with Gasteiger partial charge in [0.25, 0.3) is 0 Å². The molecule has 11 heteroatoms. The molecule has 1 aliphatic rings. The molecule has 10 nitrogen and oxygen atoms in total. The standard InChI is InChI=1S/C23H24ClN7O3/c24-18-11-15(4-5-19(18)34-13-16-3-1-2-7-25-16)28-21-20-22(27-14-26-21)29-30-23(20)33-10-9-31-8-6-17(32)12-31/h1-5,7,11,14,17,32H,6,8-10,12-13H2,(H2,26,27,28,29,30). The summed E-state index contributed by atoms with van der Waals surface area (Å²) in [5.41, 5.74) is 2.11. The number of nitrogens with one attached hydrogen (secondary N) is 2. The second-order valence-corrected chi connectivity index (χ2v) is 8.35. The fourth-order valence-electron chi connectivity index (χ4n) is 3.79. The molecule has 4 aromatic rings. The molecule has 1 aliphatic heterocycles. The van der Waals surface area contributed by atoms with Crippen LogP contribution in [0.15, 0.2) is 48.9 Å². The number of anilines is 2. The fourth-order valence-corrected chi connectivity index (χ4v) is 4.02. The molecule has 3 aromatic heterocycles. The van der Waals surface area contributed by atoms with Gasteiger partial charge in [-0.2, -0.15) is 0 Å². The number of hydrogen-bond donors (Lipinski definition) is 3. The quantitative estimate of drug-likeness (QED) is 0.331. The molecule has 1 unspecified atom stereocenters. The third-order valence-corrected chi connectivity index (χ3v) is 5.81. The van der Waals surface area contributed by atoms with E-state index in [0.29, 0.717) is 59.8 Å². The van der Waals surface area contributed by atoms with Crippen molar-refractivity contribution in [2.45, 2.75) is 19.1 Å². The summed E-state index contributed by atoms with van der Waals surface area (Å²) in [6.07, 6.45) is 3.71. The summed E-state index contributed by atoms with van der Waals surface area (Å²) in [7, 11) is 0. The molecule has 0 aliphatic carbocycles. The van der Waals surface area contributed by atoms with Gasteiger partial charge in [0.1, 0.15) is 36.5 Å². The van der Waals surface area contributed by atoms with Gasteiger partial charge in [0.2, 0.25) is 5.88 Å². The number of aromatic nitrogens is 5. The first-order valence-corrected chi connectivity index (χ1v) is 11.3. The van der Waals surface area contributed by atoms with Crippen LogP contribution in [0.3, 0.4) is 0 Å². The Bertz CT molecular complexity index is 1250. The van der Waals surface area contributed by atoms with Crippen molar-refractivity contribution in [3.8, 4) is 11.6 Å². The van der Waals surface area contributed by atoms with Crippen LogP contribution < -0.4 is 14.8 Å². The first kappa shape index (κ1) is 22.3. The zero-order chi connectivity index (χ0) is 23.3. The highest BCUT2D eigenvalue weighted by Crippen LogP contribution is 2.33. The van der Waals surface area contributed by atoms with Crippen molar-refractivity contribution in [3.63, 3.8) is 0 Å². The Hall–Kier alpha value is -3.47. The number of H-pyrrole nitrogens is 1. The van der Waals surface area contributed by atoms with E-state index in [1.54, 1.807) is 18.3 Å². The largest absolute Gasteiger partial charge is 0.486 e. The minimum absolute atomic E-state index is 0.256. The summed E-state index contributed by atoms with van der Waals surface area (Å²) in [6, 6.07) is 11.1. The maximum Gasteiger partial charge on any atom is 0.246 e. The normalized spacial score (nSPS) is 16.1. The minimum Gasteiger partial charge on any atom is -0.486 e. The fraction of sp³-hybridized carbons (Fsp3) is 0.304. The summed E-state index contributed by atoms with van der Waals surface area (Å²) in [5.74, 6) is 1.52. The van der Waals surface area contributed by atoms with Crippen LogP contribution in [0.2, 0.25) is 5.02 Å². The summed E-state index contributed by atoms with van der Waals surface area (Å²) in [4.78, 5) is 15.0. The molecule has 5 rings (SSSR count). The molecule has 0 amide bonds. The van der Waals surface area contributed by atoms with Crippen molar-refractivity contribution in [2.75, 3.05) is 31.6 Å². The Morgan fingerprint density at radius 2 is 2.12 bits per heavy atom. The zero-order valence-electron chi connectivity index (χ0n) is 18.3. The second-order valence-electron chi connectivity index (χ2n) is 7.95. The predicted molar refractivity (Wildman–Crippen MR) is 128 cm³/mol. The van der Waals surface area contributed by atoms with Crippen molar-refractivity contribution in [1.82, 2.24) is 30.0 Å². The van der Waals surface area contributed by atoms with Gasteiger partial charge in [0.05, 0.1) is 16.8 Å².